The summed E-state index contributed by atoms with van der Waals surface area (Å²) in [5.74, 6) is 0. The van der Waals surface area contributed by atoms with Crippen molar-refractivity contribution < 1.29 is 10.2 Å². The summed E-state index contributed by atoms with van der Waals surface area (Å²) >= 11 is 0. The van der Waals surface area contributed by atoms with Crippen molar-refractivity contribution in [2.24, 2.45) is 0 Å². The van der Waals surface area contributed by atoms with Crippen molar-refractivity contribution in [2.45, 2.75) is 20.0 Å². The molecule has 0 spiro atoms. The number of nitrogens with zero attached hydrogens (tertiary/aromatic N) is 1. The lowest BCUT2D eigenvalue weighted by atomic mass is 10.1. The highest BCUT2D eigenvalue weighted by atomic mass is 16.3. The van der Waals surface area contributed by atoms with Crippen molar-refractivity contribution in [3.8, 4) is 0 Å². The Kier molecular flexibility index (Phi) is 5.17. The van der Waals surface area contributed by atoms with Crippen molar-refractivity contribution in [3.63, 3.8) is 0 Å². The molecule has 1 atom stereocenters. The topological polar surface area (TPSA) is 43.7 Å². The van der Waals surface area contributed by atoms with Crippen LogP contribution in [0.1, 0.15) is 22.8 Å². The van der Waals surface area contributed by atoms with Crippen LogP contribution in [0.2, 0.25) is 0 Å². The number of aliphatic hydroxyl groups is 2. The molecule has 3 aromatic rings. The Hall–Kier alpha value is -2.62. The monoisotopic (exact) mass is 333 g/mol. The first-order chi connectivity index (χ1) is 12.1. The molecule has 0 saturated carbocycles. The van der Waals surface area contributed by atoms with E-state index < -0.39 is 6.10 Å². The zero-order valence-corrected chi connectivity index (χ0v) is 14.6. The Bertz CT molecular complexity index is 763. The SMILES string of the molecule is Cc1ccc(N(c2ccc(C)cc2)c2ccc(C(O)CO)cc2)cc1. The van der Waals surface area contributed by atoms with Crippen molar-refractivity contribution in [3.05, 3.63) is 89.5 Å². The van der Waals surface area contributed by atoms with Crippen LogP contribution >= 0.6 is 0 Å². The van der Waals surface area contributed by atoms with Gasteiger partial charge in [-0.2, -0.15) is 0 Å². The fourth-order valence-electron chi connectivity index (χ4n) is 2.79. The molecule has 3 nitrogen and oxygen atoms in total. The third-order valence-electron chi connectivity index (χ3n) is 4.29. The van der Waals surface area contributed by atoms with E-state index in [0.29, 0.717) is 5.56 Å². The van der Waals surface area contributed by atoms with Crippen LogP contribution in [-0.2, 0) is 0 Å². The average Bonchev–Trinajstić information content (AvgIpc) is 2.65. The molecular formula is C22H23NO2. The highest BCUT2D eigenvalue weighted by molar-refractivity contribution is 5.76. The Labute approximate surface area is 148 Å². The highest BCUT2D eigenvalue weighted by Crippen LogP contribution is 2.35. The molecule has 0 amide bonds. The lowest BCUT2D eigenvalue weighted by Gasteiger charge is -2.26. The molecule has 128 valence electrons. The van der Waals surface area contributed by atoms with Crippen LogP contribution in [0, 0.1) is 13.8 Å². The number of rotatable bonds is 5. The molecule has 0 saturated heterocycles. The number of hydrogen-bond donors (Lipinski definition) is 2. The predicted molar refractivity (Wildman–Crippen MR) is 103 cm³/mol. The molecule has 3 rings (SSSR count). The lowest BCUT2D eigenvalue weighted by Crippen LogP contribution is -2.10. The molecule has 3 aromatic carbocycles. The second-order valence-electron chi connectivity index (χ2n) is 6.30. The minimum absolute atomic E-state index is 0.279. The standard InChI is InChI=1S/C22H23NO2/c1-16-3-9-19(10-4-16)23(20-11-5-17(2)6-12-20)21-13-7-18(8-14-21)22(25)15-24/h3-14,22,24-25H,15H2,1-2H3. The van der Waals surface area contributed by atoms with Crippen molar-refractivity contribution in [1.82, 2.24) is 0 Å². The van der Waals surface area contributed by atoms with Gasteiger partial charge in [0.15, 0.2) is 0 Å². The molecule has 0 fully saturated rings. The smallest absolute Gasteiger partial charge is 0.102 e. The lowest BCUT2D eigenvalue weighted by molar-refractivity contribution is 0.0956. The number of hydrogen-bond acceptors (Lipinski definition) is 3. The Morgan fingerprint density at radius 1 is 0.680 bits per heavy atom. The molecule has 3 heteroatoms. The van der Waals surface area contributed by atoms with Gasteiger partial charge < -0.3 is 15.1 Å². The molecule has 0 bridgehead atoms. The second kappa shape index (κ2) is 7.51. The summed E-state index contributed by atoms with van der Waals surface area (Å²) in [6, 6.07) is 24.4. The Morgan fingerprint density at radius 3 is 1.40 bits per heavy atom. The maximum atomic E-state index is 9.79. The molecule has 1 unspecified atom stereocenters. The van der Waals surface area contributed by atoms with E-state index in [4.69, 9.17) is 5.11 Å². The largest absolute Gasteiger partial charge is 0.393 e. The van der Waals surface area contributed by atoms with Crippen LogP contribution < -0.4 is 4.90 Å². The van der Waals surface area contributed by atoms with Gasteiger partial charge in [0, 0.05) is 17.1 Å². The zero-order chi connectivity index (χ0) is 17.8. The van der Waals surface area contributed by atoms with E-state index in [2.05, 4.69) is 67.3 Å². The fourth-order valence-corrected chi connectivity index (χ4v) is 2.79. The number of aliphatic hydroxyl groups excluding tert-OH is 2. The van der Waals surface area contributed by atoms with Crippen LogP contribution in [0.3, 0.4) is 0 Å². The van der Waals surface area contributed by atoms with Crippen LogP contribution in [0.4, 0.5) is 17.1 Å². The van der Waals surface area contributed by atoms with Crippen molar-refractivity contribution in [2.75, 3.05) is 11.5 Å². The zero-order valence-electron chi connectivity index (χ0n) is 14.6. The summed E-state index contributed by atoms with van der Waals surface area (Å²) in [7, 11) is 0. The summed E-state index contributed by atoms with van der Waals surface area (Å²) in [6.07, 6.45) is -0.846. The van der Waals surface area contributed by atoms with Crippen LogP contribution in [-0.4, -0.2) is 16.8 Å². The van der Waals surface area contributed by atoms with E-state index in [-0.39, 0.29) is 6.61 Å². The molecule has 0 aliphatic heterocycles. The fraction of sp³-hybridized carbons (Fsp3) is 0.182. The normalized spacial score (nSPS) is 12.0. The molecule has 0 aromatic heterocycles. The summed E-state index contributed by atoms with van der Waals surface area (Å²) in [4.78, 5) is 2.17. The van der Waals surface area contributed by atoms with E-state index in [9.17, 15) is 5.11 Å². The number of aryl methyl sites for hydroxylation is 2. The van der Waals surface area contributed by atoms with Crippen LogP contribution in [0.15, 0.2) is 72.8 Å². The van der Waals surface area contributed by atoms with Gasteiger partial charge in [0.25, 0.3) is 0 Å². The first-order valence-electron chi connectivity index (χ1n) is 8.41. The second-order valence-corrected chi connectivity index (χ2v) is 6.30. The van der Waals surface area contributed by atoms with Gasteiger partial charge in [-0.15, -0.1) is 0 Å². The maximum Gasteiger partial charge on any atom is 0.102 e. The molecule has 0 aliphatic carbocycles. The summed E-state index contributed by atoms with van der Waals surface area (Å²) < 4.78 is 0. The Morgan fingerprint density at radius 2 is 1.04 bits per heavy atom. The van der Waals surface area contributed by atoms with Crippen molar-refractivity contribution >= 4 is 17.1 Å². The summed E-state index contributed by atoms with van der Waals surface area (Å²) in [5.41, 5.74) is 6.29. The first kappa shape index (κ1) is 17.2. The van der Waals surface area contributed by atoms with Gasteiger partial charge in [-0.3, -0.25) is 0 Å². The van der Waals surface area contributed by atoms with E-state index in [0.717, 1.165) is 17.1 Å². The minimum atomic E-state index is -0.846. The van der Waals surface area contributed by atoms with Gasteiger partial charge in [0.1, 0.15) is 6.10 Å². The van der Waals surface area contributed by atoms with E-state index in [1.807, 2.05) is 24.3 Å². The minimum Gasteiger partial charge on any atom is -0.393 e. The number of anilines is 3. The quantitative estimate of drug-likeness (QED) is 0.705. The third-order valence-corrected chi connectivity index (χ3v) is 4.29. The first-order valence-corrected chi connectivity index (χ1v) is 8.41. The van der Waals surface area contributed by atoms with E-state index in [1.54, 1.807) is 0 Å². The molecular weight excluding hydrogens is 310 g/mol. The van der Waals surface area contributed by atoms with Gasteiger partial charge in [0.05, 0.1) is 6.61 Å². The molecule has 0 aliphatic rings. The van der Waals surface area contributed by atoms with Gasteiger partial charge in [-0.25, -0.2) is 0 Å². The molecule has 0 radical (unpaired) electrons. The van der Waals surface area contributed by atoms with Crippen LogP contribution in [0.25, 0.3) is 0 Å². The number of benzene rings is 3. The van der Waals surface area contributed by atoms with Gasteiger partial charge >= 0.3 is 0 Å². The molecule has 25 heavy (non-hydrogen) atoms. The van der Waals surface area contributed by atoms with Crippen molar-refractivity contribution in [1.29, 1.82) is 0 Å². The molecule has 2 N–H and O–H groups in total. The maximum absolute atomic E-state index is 9.79. The predicted octanol–water partition coefficient (Wildman–Crippen LogP) is 4.80. The average molecular weight is 333 g/mol. The summed E-state index contributed by atoms with van der Waals surface area (Å²) in [6.45, 7) is 3.87. The van der Waals surface area contributed by atoms with Gasteiger partial charge in [-0.1, -0.05) is 47.5 Å². The third kappa shape index (κ3) is 3.90. The van der Waals surface area contributed by atoms with Gasteiger partial charge in [0.2, 0.25) is 0 Å². The Balaban J connectivity index is 2.04. The van der Waals surface area contributed by atoms with Crippen LogP contribution in [0.5, 0.6) is 0 Å². The highest BCUT2D eigenvalue weighted by Gasteiger charge is 2.13. The van der Waals surface area contributed by atoms with Gasteiger partial charge in [-0.05, 0) is 55.8 Å². The molecule has 0 heterocycles. The summed E-state index contributed by atoms with van der Waals surface area (Å²) in [5, 5.41) is 18.9. The van der Waals surface area contributed by atoms with E-state index >= 15 is 0 Å². The van der Waals surface area contributed by atoms with E-state index in [1.165, 1.54) is 11.1 Å².